The number of rotatable bonds is 7. The van der Waals surface area contributed by atoms with E-state index in [-0.39, 0.29) is 18.1 Å². The van der Waals surface area contributed by atoms with Crippen LogP contribution in [0.4, 0.5) is 0 Å². The number of hydrogen-bond acceptors (Lipinski definition) is 8. The highest BCUT2D eigenvalue weighted by Crippen LogP contribution is 2.27. The zero-order valence-corrected chi connectivity index (χ0v) is 15.8. The molecule has 0 bridgehead atoms. The minimum absolute atomic E-state index is 0.0981. The van der Waals surface area contributed by atoms with Gasteiger partial charge in [-0.05, 0) is 35.9 Å². The molecule has 8 nitrogen and oxygen atoms in total. The van der Waals surface area contributed by atoms with Gasteiger partial charge >= 0.3 is 5.97 Å². The SMILES string of the molecule is COc1ccc(/C=C(\C#N)C(=O)OCc2nc(-c3ccccc3OC)no2)cc1. The van der Waals surface area contributed by atoms with Crippen molar-refractivity contribution in [2.45, 2.75) is 6.61 Å². The number of nitrogens with zero attached hydrogens (tertiary/aromatic N) is 3. The smallest absolute Gasteiger partial charge is 0.349 e. The molecular weight excluding hydrogens is 374 g/mol. The Labute approximate surface area is 166 Å². The van der Waals surface area contributed by atoms with Crippen molar-refractivity contribution in [2.24, 2.45) is 0 Å². The molecule has 2 aromatic carbocycles. The third-order valence-corrected chi connectivity index (χ3v) is 3.91. The maximum Gasteiger partial charge on any atom is 0.349 e. The maximum atomic E-state index is 12.2. The fraction of sp³-hybridized carbons (Fsp3) is 0.143. The fourth-order valence-electron chi connectivity index (χ4n) is 2.46. The summed E-state index contributed by atoms with van der Waals surface area (Å²) in [5.41, 5.74) is 1.16. The van der Waals surface area contributed by atoms with Crippen LogP contribution >= 0.6 is 0 Å². The molecule has 0 fully saturated rings. The minimum atomic E-state index is -0.791. The van der Waals surface area contributed by atoms with Crippen LogP contribution < -0.4 is 9.47 Å². The summed E-state index contributed by atoms with van der Waals surface area (Å²) in [6.45, 7) is -0.261. The van der Waals surface area contributed by atoms with Crippen molar-refractivity contribution < 1.29 is 23.5 Å². The summed E-state index contributed by atoms with van der Waals surface area (Å²) in [7, 11) is 3.10. The van der Waals surface area contributed by atoms with E-state index in [1.165, 1.54) is 6.08 Å². The van der Waals surface area contributed by atoms with Crippen molar-refractivity contribution in [1.82, 2.24) is 10.1 Å². The number of benzene rings is 2. The Morgan fingerprint density at radius 1 is 1.14 bits per heavy atom. The third-order valence-electron chi connectivity index (χ3n) is 3.91. The van der Waals surface area contributed by atoms with E-state index in [0.29, 0.717) is 28.5 Å². The van der Waals surface area contributed by atoms with Crippen LogP contribution in [0.5, 0.6) is 11.5 Å². The van der Waals surface area contributed by atoms with E-state index in [0.717, 1.165) is 0 Å². The Bertz CT molecular complexity index is 1060. The molecule has 0 radical (unpaired) electrons. The van der Waals surface area contributed by atoms with Gasteiger partial charge in [-0.15, -0.1) is 0 Å². The first-order valence-corrected chi connectivity index (χ1v) is 8.53. The lowest BCUT2D eigenvalue weighted by atomic mass is 10.1. The molecule has 0 unspecified atom stereocenters. The van der Waals surface area contributed by atoms with Crippen LogP contribution in [0.1, 0.15) is 11.5 Å². The number of para-hydroxylation sites is 1. The summed E-state index contributed by atoms with van der Waals surface area (Å²) < 4.78 is 20.6. The molecule has 3 rings (SSSR count). The highest BCUT2D eigenvalue weighted by Gasteiger charge is 2.16. The topological polar surface area (TPSA) is 107 Å². The lowest BCUT2D eigenvalue weighted by Gasteiger charge is -2.03. The van der Waals surface area contributed by atoms with Crippen LogP contribution in [-0.2, 0) is 16.1 Å². The summed E-state index contributed by atoms with van der Waals surface area (Å²) in [5.74, 6) is 0.876. The second kappa shape index (κ2) is 9.19. The van der Waals surface area contributed by atoms with Gasteiger partial charge in [-0.1, -0.05) is 29.4 Å². The minimum Gasteiger partial charge on any atom is -0.497 e. The first-order valence-electron chi connectivity index (χ1n) is 8.53. The van der Waals surface area contributed by atoms with Gasteiger partial charge in [-0.2, -0.15) is 10.2 Å². The molecule has 0 amide bonds. The quantitative estimate of drug-likeness (QED) is 0.343. The predicted molar refractivity (Wildman–Crippen MR) is 103 cm³/mol. The Morgan fingerprint density at radius 3 is 2.59 bits per heavy atom. The molecule has 29 heavy (non-hydrogen) atoms. The van der Waals surface area contributed by atoms with Gasteiger partial charge in [-0.3, -0.25) is 0 Å². The van der Waals surface area contributed by atoms with Gasteiger partial charge in [0, 0.05) is 0 Å². The Kier molecular flexibility index (Phi) is 6.22. The molecule has 0 atom stereocenters. The van der Waals surface area contributed by atoms with E-state index in [1.807, 2.05) is 18.2 Å². The molecule has 0 saturated carbocycles. The molecule has 0 aliphatic rings. The number of carbonyl (C=O) groups is 1. The Balaban J connectivity index is 1.67. The molecule has 0 aliphatic carbocycles. The summed E-state index contributed by atoms with van der Waals surface area (Å²) in [5, 5.41) is 13.1. The predicted octanol–water partition coefficient (Wildman–Crippen LogP) is 3.40. The van der Waals surface area contributed by atoms with Crippen LogP contribution in [0.2, 0.25) is 0 Å². The Morgan fingerprint density at radius 2 is 1.90 bits per heavy atom. The molecule has 0 saturated heterocycles. The van der Waals surface area contributed by atoms with E-state index in [9.17, 15) is 10.1 Å². The van der Waals surface area contributed by atoms with Gasteiger partial charge in [0.15, 0.2) is 6.61 Å². The monoisotopic (exact) mass is 391 g/mol. The molecule has 146 valence electrons. The number of methoxy groups -OCH3 is 2. The lowest BCUT2D eigenvalue weighted by Crippen LogP contribution is -2.07. The van der Waals surface area contributed by atoms with Gasteiger partial charge in [0.05, 0.1) is 19.8 Å². The fourth-order valence-corrected chi connectivity index (χ4v) is 2.46. The van der Waals surface area contributed by atoms with Crippen LogP contribution in [0.25, 0.3) is 17.5 Å². The van der Waals surface area contributed by atoms with Crippen LogP contribution in [0, 0.1) is 11.3 Å². The summed E-state index contributed by atoms with van der Waals surface area (Å²) in [6.07, 6.45) is 1.43. The van der Waals surface area contributed by atoms with Crippen LogP contribution in [0.15, 0.2) is 58.6 Å². The van der Waals surface area contributed by atoms with Crippen molar-refractivity contribution in [2.75, 3.05) is 14.2 Å². The third kappa shape index (κ3) is 4.78. The molecule has 0 aliphatic heterocycles. The van der Waals surface area contributed by atoms with Gasteiger partial charge in [-0.25, -0.2) is 4.79 Å². The van der Waals surface area contributed by atoms with Gasteiger partial charge in [0.2, 0.25) is 5.82 Å². The molecule has 8 heteroatoms. The zero-order valence-electron chi connectivity index (χ0n) is 15.8. The first kappa shape index (κ1) is 19.6. The number of hydrogen-bond donors (Lipinski definition) is 0. The lowest BCUT2D eigenvalue weighted by molar-refractivity contribution is -0.140. The van der Waals surface area contributed by atoms with Crippen molar-refractivity contribution in [1.29, 1.82) is 5.26 Å². The van der Waals surface area contributed by atoms with Crippen molar-refractivity contribution in [3.63, 3.8) is 0 Å². The van der Waals surface area contributed by atoms with E-state index in [4.69, 9.17) is 18.7 Å². The molecule has 3 aromatic rings. The average molecular weight is 391 g/mol. The Hall–Kier alpha value is -4.12. The van der Waals surface area contributed by atoms with Gasteiger partial charge in [0.25, 0.3) is 5.89 Å². The van der Waals surface area contributed by atoms with Crippen molar-refractivity contribution in [3.05, 3.63) is 65.6 Å². The number of esters is 1. The van der Waals surface area contributed by atoms with Gasteiger partial charge < -0.3 is 18.7 Å². The number of aromatic nitrogens is 2. The summed E-state index contributed by atoms with van der Waals surface area (Å²) >= 11 is 0. The number of ether oxygens (including phenoxy) is 3. The molecular formula is C21H17N3O5. The normalized spacial score (nSPS) is 10.9. The molecule has 0 N–H and O–H groups in total. The largest absolute Gasteiger partial charge is 0.497 e. The van der Waals surface area contributed by atoms with E-state index < -0.39 is 5.97 Å². The van der Waals surface area contributed by atoms with Crippen LogP contribution in [0.3, 0.4) is 0 Å². The average Bonchev–Trinajstić information content (AvgIpc) is 3.25. The molecule has 0 spiro atoms. The summed E-state index contributed by atoms with van der Waals surface area (Å²) in [6, 6.07) is 15.9. The molecule has 1 heterocycles. The highest BCUT2D eigenvalue weighted by molar-refractivity contribution is 5.97. The number of nitriles is 1. The number of carbonyl (C=O) groups excluding carboxylic acids is 1. The summed E-state index contributed by atoms with van der Waals surface area (Å²) in [4.78, 5) is 16.4. The zero-order chi connectivity index (χ0) is 20.6. The van der Waals surface area contributed by atoms with Crippen LogP contribution in [-0.4, -0.2) is 30.3 Å². The van der Waals surface area contributed by atoms with E-state index in [1.54, 1.807) is 50.6 Å². The second-order valence-corrected chi connectivity index (χ2v) is 5.73. The highest BCUT2D eigenvalue weighted by atomic mass is 16.6. The first-order chi connectivity index (χ1) is 14.1. The van der Waals surface area contributed by atoms with Crippen molar-refractivity contribution in [3.8, 4) is 29.0 Å². The second-order valence-electron chi connectivity index (χ2n) is 5.73. The van der Waals surface area contributed by atoms with E-state index in [2.05, 4.69) is 10.1 Å². The van der Waals surface area contributed by atoms with Crippen molar-refractivity contribution >= 4 is 12.0 Å². The standard InChI is InChI=1S/C21H17N3O5/c1-26-16-9-7-14(8-10-16)11-15(12-22)21(25)28-13-19-23-20(24-29-19)17-5-3-4-6-18(17)27-2/h3-11H,13H2,1-2H3/b15-11+. The molecule has 1 aromatic heterocycles. The maximum absolute atomic E-state index is 12.2. The van der Waals surface area contributed by atoms with E-state index >= 15 is 0 Å². The van der Waals surface area contributed by atoms with Gasteiger partial charge in [0.1, 0.15) is 23.1 Å².